The molecule has 32 heavy (non-hydrogen) atoms. The molecule has 0 spiro atoms. The van der Waals surface area contributed by atoms with Gasteiger partial charge in [0.15, 0.2) is 5.76 Å². The first-order valence-corrected chi connectivity index (χ1v) is 9.83. The van der Waals surface area contributed by atoms with Gasteiger partial charge < -0.3 is 18.9 Å². The summed E-state index contributed by atoms with van der Waals surface area (Å²) in [4.78, 5) is 25.0. The zero-order chi connectivity index (χ0) is 22.5. The van der Waals surface area contributed by atoms with Crippen LogP contribution in [0.4, 0.5) is 0 Å². The summed E-state index contributed by atoms with van der Waals surface area (Å²) in [5.41, 5.74) is 1.63. The minimum atomic E-state index is -0.538. The van der Waals surface area contributed by atoms with Crippen LogP contribution in [-0.2, 0) is 0 Å². The molecule has 0 bridgehead atoms. The van der Waals surface area contributed by atoms with Crippen LogP contribution in [0, 0.1) is 0 Å². The lowest BCUT2D eigenvalue weighted by Gasteiger charge is -2.07. The maximum atomic E-state index is 12.6. The molecular weight excluding hydrogens is 408 g/mol. The molecule has 1 aliphatic rings. The lowest BCUT2D eigenvalue weighted by atomic mass is 10.1. The van der Waals surface area contributed by atoms with Gasteiger partial charge in [-0.15, -0.1) is 0 Å². The number of hydrogen-bond acceptors (Lipinski definition) is 6. The van der Waals surface area contributed by atoms with E-state index in [1.54, 1.807) is 55.7 Å². The molecular formula is C26H20O6. The van der Waals surface area contributed by atoms with Crippen LogP contribution in [0.3, 0.4) is 0 Å². The SMILES string of the molecule is COc1cccc(C(=O)Oc2ccc3c(c2)OC(=CC=Cc2ccccc2OC)C3=O)c1. The molecule has 0 unspecified atom stereocenters. The van der Waals surface area contributed by atoms with Crippen molar-refractivity contribution in [3.63, 3.8) is 0 Å². The molecule has 3 aromatic carbocycles. The highest BCUT2D eigenvalue weighted by atomic mass is 16.5. The maximum absolute atomic E-state index is 12.6. The van der Waals surface area contributed by atoms with Crippen molar-refractivity contribution in [3.05, 3.63) is 101 Å². The third-order valence-corrected chi connectivity index (χ3v) is 4.82. The average Bonchev–Trinajstić information content (AvgIpc) is 3.14. The van der Waals surface area contributed by atoms with Crippen LogP contribution in [0.15, 0.2) is 84.6 Å². The summed E-state index contributed by atoms with van der Waals surface area (Å²) in [6, 6.07) is 18.9. The van der Waals surface area contributed by atoms with E-state index in [9.17, 15) is 9.59 Å². The van der Waals surface area contributed by atoms with E-state index in [1.165, 1.54) is 13.2 Å². The first kappa shape index (κ1) is 20.9. The van der Waals surface area contributed by atoms with Crippen molar-refractivity contribution in [3.8, 4) is 23.0 Å². The third-order valence-electron chi connectivity index (χ3n) is 4.82. The topological polar surface area (TPSA) is 71.1 Å². The Balaban J connectivity index is 1.49. The second kappa shape index (κ2) is 9.22. The molecule has 6 nitrogen and oxygen atoms in total. The summed E-state index contributed by atoms with van der Waals surface area (Å²) in [5, 5.41) is 0. The van der Waals surface area contributed by atoms with Crippen LogP contribution in [0.1, 0.15) is 26.3 Å². The standard InChI is InChI=1S/C26H20O6/c1-29-19-10-5-9-18(15-19)26(28)31-20-13-14-21-24(16-20)32-23(25(21)27)12-6-8-17-7-3-4-11-22(17)30-2/h3-16H,1-2H3. The first-order chi connectivity index (χ1) is 15.6. The molecule has 0 amide bonds. The van der Waals surface area contributed by atoms with E-state index in [1.807, 2.05) is 30.3 Å². The summed E-state index contributed by atoms with van der Waals surface area (Å²) in [6.07, 6.45) is 5.14. The highest BCUT2D eigenvalue weighted by Crippen LogP contribution is 2.34. The number of esters is 1. The van der Waals surface area contributed by atoms with Gasteiger partial charge in [0.2, 0.25) is 5.78 Å². The smallest absolute Gasteiger partial charge is 0.343 e. The normalized spacial score (nSPS) is 13.7. The second-order valence-electron chi connectivity index (χ2n) is 6.84. The van der Waals surface area contributed by atoms with E-state index in [4.69, 9.17) is 18.9 Å². The van der Waals surface area contributed by atoms with Crippen LogP contribution < -0.4 is 18.9 Å². The number of ketones is 1. The van der Waals surface area contributed by atoms with Crippen LogP contribution in [0.2, 0.25) is 0 Å². The Morgan fingerprint density at radius 3 is 2.56 bits per heavy atom. The number of rotatable bonds is 6. The van der Waals surface area contributed by atoms with E-state index in [0.717, 1.165) is 11.3 Å². The molecule has 6 heteroatoms. The van der Waals surface area contributed by atoms with Gasteiger partial charge in [-0.25, -0.2) is 4.79 Å². The van der Waals surface area contributed by atoms with E-state index >= 15 is 0 Å². The molecule has 0 saturated heterocycles. The number of carbonyl (C=O) groups excluding carboxylic acids is 2. The van der Waals surface area contributed by atoms with Gasteiger partial charge >= 0.3 is 5.97 Å². The molecule has 1 heterocycles. The summed E-state index contributed by atoms with van der Waals surface area (Å²) >= 11 is 0. The minimum Gasteiger partial charge on any atom is -0.497 e. The van der Waals surface area contributed by atoms with Crippen LogP contribution in [0.5, 0.6) is 23.0 Å². The molecule has 0 aromatic heterocycles. The molecule has 1 aliphatic heterocycles. The van der Waals surface area contributed by atoms with Gasteiger partial charge in [-0.05, 0) is 42.5 Å². The fraction of sp³-hybridized carbons (Fsp3) is 0.0769. The van der Waals surface area contributed by atoms with E-state index < -0.39 is 5.97 Å². The number of ether oxygens (including phenoxy) is 4. The molecule has 0 fully saturated rings. The molecule has 160 valence electrons. The fourth-order valence-corrected chi connectivity index (χ4v) is 3.20. The monoisotopic (exact) mass is 428 g/mol. The van der Waals surface area contributed by atoms with E-state index in [-0.39, 0.29) is 17.3 Å². The second-order valence-corrected chi connectivity index (χ2v) is 6.84. The number of fused-ring (bicyclic) bond motifs is 1. The van der Waals surface area contributed by atoms with Crippen LogP contribution in [-0.4, -0.2) is 26.0 Å². The molecule has 0 radical (unpaired) electrons. The van der Waals surface area contributed by atoms with E-state index in [2.05, 4.69) is 0 Å². The van der Waals surface area contributed by atoms with Crippen molar-refractivity contribution < 1.29 is 28.5 Å². The molecule has 0 N–H and O–H groups in total. The van der Waals surface area contributed by atoms with Gasteiger partial charge in [-0.1, -0.05) is 36.4 Å². The Morgan fingerprint density at radius 2 is 1.75 bits per heavy atom. The molecule has 4 rings (SSSR count). The number of methoxy groups -OCH3 is 2. The Morgan fingerprint density at radius 1 is 0.906 bits per heavy atom. The number of carbonyl (C=O) groups is 2. The summed E-state index contributed by atoms with van der Waals surface area (Å²) < 4.78 is 21.6. The lowest BCUT2D eigenvalue weighted by Crippen LogP contribution is -2.08. The van der Waals surface area contributed by atoms with Crippen LogP contribution >= 0.6 is 0 Å². The summed E-state index contributed by atoms with van der Waals surface area (Å²) in [5.74, 6) is 1.30. The largest absolute Gasteiger partial charge is 0.497 e. The summed E-state index contributed by atoms with van der Waals surface area (Å²) in [7, 11) is 3.13. The molecule has 0 atom stereocenters. The predicted molar refractivity (Wildman–Crippen MR) is 119 cm³/mol. The predicted octanol–water partition coefficient (Wildman–Crippen LogP) is 5.10. The first-order valence-electron chi connectivity index (χ1n) is 9.83. The number of hydrogen-bond donors (Lipinski definition) is 0. The number of Topliss-reactive ketones (excluding diaryl/α,β-unsaturated/α-hetero) is 1. The fourth-order valence-electron chi connectivity index (χ4n) is 3.20. The van der Waals surface area contributed by atoms with Crippen molar-refractivity contribution >= 4 is 17.8 Å². The zero-order valence-electron chi connectivity index (χ0n) is 17.5. The Kier molecular flexibility index (Phi) is 6.03. The zero-order valence-corrected chi connectivity index (χ0v) is 17.5. The molecule has 0 aliphatic carbocycles. The van der Waals surface area contributed by atoms with Crippen LogP contribution in [0.25, 0.3) is 6.08 Å². The highest BCUT2D eigenvalue weighted by molar-refractivity contribution is 6.12. The van der Waals surface area contributed by atoms with Crippen molar-refractivity contribution in [2.45, 2.75) is 0 Å². The van der Waals surface area contributed by atoms with Gasteiger partial charge in [-0.2, -0.15) is 0 Å². The van der Waals surface area contributed by atoms with Gasteiger partial charge in [0.1, 0.15) is 23.0 Å². The van der Waals surface area contributed by atoms with Gasteiger partial charge in [-0.3, -0.25) is 4.79 Å². The molecule has 3 aromatic rings. The Bertz CT molecular complexity index is 1240. The highest BCUT2D eigenvalue weighted by Gasteiger charge is 2.27. The Labute approximate surface area is 185 Å². The Hall–Kier alpha value is -4.32. The third kappa shape index (κ3) is 4.39. The number of allylic oxidation sites excluding steroid dienone is 3. The van der Waals surface area contributed by atoms with Crippen molar-refractivity contribution in [1.29, 1.82) is 0 Å². The quantitative estimate of drug-likeness (QED) is 0.309. The van der Waals surface area contributed by atoms with Gasteiger partial charge in [0.05, 0.1) is 25.3 Å². The van der Waals surface area contributed by atoms with Crippen molar-refractivity contribution in [2.24, 2.45) is 0 Å². The maximum Gasteiger partial charge on any atom is 0.343 e. The van der Waals surface area contributed by atoms with Gasteiger partial charge in [0.25, 0.3) is 0 Å². The number of benzene rings is 3. The van der Waals surface area contributed by atoms with Gasteiger partial charge in [0, 0.05) is 11.6 Å². The van der Waals surface area contributed by atoms with E-state index in [0.29, 0.717) is 22.6 Å². The van der Waals surface area contributed by atoms with Crippen molar-refractivity contribution in [2.75, 3.05) is 14.2 Å². The molecule has 0 saturated carbocycles. The minimum absolute atomic E-state index is 0.183. The lowest BCUT2D eigenvalue weighted by molar-refractivity contribution is 0.0734. The number of para-hydroxylation sites is 1. The average molecular weight is 428 g/mol. The van der Waals surface area contributed by atoms with Crippen molar-refractivity contribution in [1.82, 2.24) is 0 Å². The summed E-state index contributed by atoms with van der Waals surface area (Å²) in [6.45, 7) is 0.